The minimum absolute atomic E-state index is 0.980. The maximum Gasteiger partial charge on any atom is 0.0261 e. The maximum absolute atomic E-state index is 11.8. The first-order chi connectivity index (χ1) is 7.84. The number of benzene rings is 2. The lowest BCUT2D eigenvalue weighted by Gasteiger charge is -1.88. The van der Waals surface area contributed by atoms with Crippen LogP contribution in [0.4, 0.5) is 0 Å². The van der Waals surface area contributed by atoms with Gasteiger partial charge in [0.05, 0.1) is 0 Å². The van der Waals surface area contributed by atoms with Crippen molar-refractivity contribution in [2.75, 3.05) is 0 Å². The molecule has 0 radical (unpaired) electrons. The SMILES string of the molecule is O=S(=Cc1ccccc1)=Cc1ccccc1. The van der Waals surface area contributed by atoms with Crippen molar-refractivity contribution in [1.82, 2.24) is 0 Å². The first-order valence-corrected chi connectivity index (χ1v) is 6.31. The molecule has 2 aromatic carbocycles. The van der Waals surface area contributed by atoms with Crippen molar-refractivity contribution < 1.29 is 4.21 Å². The number of rotatable bonds is 2. The standard InChI is InChI=1S/C14H12OS/c15-16(11-13-7-3-1-4-8-13)12-14-9-5-2-6-10-14/h1-12H. The molecule has 2 aromatic rings. The minimum atomic E-state index is -1.07. The highest BCUT2D eigenvalue weighted by Crippen LogP contribution is 1.95. The predicted molar refractivity (Wildman–Crippen MR) is 71.4 cm³/mol. The van der Waals surface area contributed by atoms with Crippen molar-refractivity contribution in [2.24, 2.45) is 0 Å². The normalized spacial score (nSPS) is 9.50. The van der Waals surface area contributed by atoms with E-state index in [0.717, 1.165) is 11.1 Å². The van der Waals surface area contributed by atoms with E-state index in [1.54, 1.807) is 10.7 Å². The first-order valence-electron chi connectivity index (χ1n) is 5.04. The van der Waals surface area contributed by atoms with Gasteiger partial charge in [0.2, 0.25) is 0 Å². The van der Waals surface area contributed by atoms with Crippen LogP contribution in [-0.2, 0) is 9.98 Å². The van der Waals surface area contributed by atoms with Gasteiger partial charge in [0.1, 0.15) is 0 Å². The van der Waals surface area contributed by atoms with Crippen LogP contribution >= 0.6 is 0 Å². The van der Waals surface area contributed by atoms with Gasteiger partial charge in [-0.05, 0) is 11.1 Å². The van der Waals surface area contributed by atoms with Crippen LogP contribution in [0.15, 0.2) is 60.7 Å². The first kappa shape index (κ1) is 10.7. The topological polar surface area (TPSA) is 17.1 Å². The molecule has 1 nitrogen and oxygen atoms in total. The minimum Gasteiger partial charge on any atom is -0.225 e. The van der Waals surface area contributed by atoms with Crippen molar-refractivity contribution in [3.05, 3.63) is 71.8 Å². The molecule has 0 fully saturated rings. The molecule has 0 bridgehead atoms. The van der Waals surface area contributed by atoms with E-state index in [2.05, 4.69) is 0 Å². The van der Waals surface area contributed by atoms with Crippen LogP contribution < -0.4 is 0 Å². The van der Waals surface area contributed by atoms with E-state index in [4.69, 9.17) is 0 Å². The molecule has 0 saturated heterocycles. The van der Waals surface area contributed by atoms with E-state index in [0.29, 0.717) is 0 Å². The predicted octanol–water partition coefficient (Wildman–Crippen LogP) is 2.44. The third-order valence-corrected chi connectivity index (χ3v) is 3.11. The highest BCUT2D eigenvalue weighted by atomic mass is 32.1. The summed E-state index contributed by atoms with van der Waals surface area (Å²) in [6, 6.07) is 19.4. The highest BCUT2D eigenvalue weighted by Gasteiger charge is 1.85. The summed E-state index contributed by atoms with van der Waals surface area (Å²) in [5.41, 5.74) is 1.96. The molecular weight excluding hydrogens is 216 g/mol. The lowest BCUT2D eigenvalue weighted by molar-refractivity contribution is 0.699. The van der Waals surface area contributed by atoms with E-state index in [1.807, 2.05) is 60.7 Å². The van der Waals surface area contributed by atoms with Crippen molar-refractivity contribution >= 4 is 20.7 Å². The fraction of sp³-hybridized carbons (Fsp3) is 0. The summed E-state index contributed by atoms with van der Waals surface area (Å²) in [6.45, 7) is 0. The summed E-state index contributed by atoms with van der Waals surface area (Å²) in [6.07, 6.45) is 0. The lowest BCUT2D eigenvalue weighted by Crippen LogP contribution is -1.85. The summed E-state index contributed by atoms with van der Waals surface area (Å²) < 4.78 is 11.8. The van der Waals surface area contributed by atoms with Gasteiger partial charge in [-0.1, -0.05) is 60.7 Å². The summed E-state index contributed by atoms with van der Waals surface area (Å²) in [5.74, 6) is 0. The molecule has 0 unspecified atom stereocenters. The highest BCUT2D eigenvalue weighted by molar-refractivity contribution is 7.83. The zero-order chi connectivity index (χ0) is 11.2. The smallest absolute Gasteiger partial charge is 0.0261 e. The van der Waals surface area contributed by atoms with Crippen LogP contribution in [0.2, 0.25) is 0 Å². The Labute approximate surface area is 97.0 Å². The summed E-state index contributed by atoms with van der Waals surface area (Å²) >= 11 is 0. The van der Waals surface area contributed by atoms with Gasteiger partial charge in [-0.25, -0.2) is 4.21 Å². The van der Waals surface area contributed by atoms with Crippen molar-refractivity contribution in [3.63, 3.8) is 0 Å². The van der Waals surface area contributed by atoms with E-state index < -0.39 is 9.98 Å². The van der Waals surface area contributed by atoms with Crippen LogP contribution in [0.25, 0.3) is 0 Å². The van der Waals surface area contributed by atoms with Crippen molar-refractivity contribution in [3.8, 4) is 0 Å². The van der Waals surface area contributed by atoms with Crippen molar-refractivity contribution in [2.45, 2.75) is 0 Å². The Bertz CT molecular complexity index is 532. The van der Waals surface area contributed by atoms with Gasteiger partial charge < -0.3 is 0 Å². The third-order valence-electron chi connectivity index (χ3n) is 2.10. The quantitative estimate of drug-likeness (QED) is 0.722. The van der Waals surface area contributed by atoms with Gasteiger partial charge in [0, 0.05) is 20.7 Å². The molecule has 0 amide bonds. The molecule has 0 N–H and O–H groups in total. The van der Waals surface area contributed by atoms with Gasteiger partial charge in [0.15, 0.2) is 0 Å². The maximum atomic E-state index is 11.8. The average Bonchev–Trinajstić information content (AvgIpc) is 2.31. The molecule has 0 saturated carbocycles. The Morgan fingerprint density at radius 3 is 1.44 bits per heavy atom. The molecule has 0 heterocycles. The Morgan fingerprint density at radius 2 is 1.06 bits per heavy atom. The van der Waals surface area contributed by atoms with Gasteiger partial charge in [-0.3, -0.25) is 0 Å². The van der Waals surface area contributed by atoms with Gasteiger partial charge in [-0.2, -0.15) is 0 Å². The Hall–Kier alpha value is -1.80. The number of hydrogen-bond acceptors (Lipinski definition) is 1. The molecule has 0 aliphatic rings. The van der Waals surface area contributed by atoms with Crippen LogP contribution in [0, 0.1) is 0 Å². The molecule has 2 heteroatoms. The van der Waals surface area contributed by atoms with Crippen molar-refractivity contribution in [1.29, 1.82) is 0 Å². The van der Waals surface area contributed by atoms with Crippen LogP contribution in [0.5, 0.6) is 0 Å². The molecule has 16 heavy (non-hydrogen) atoms. The summed E-state index contributed by atoms with van der Waals surface area (Å²) in [4.78, 5) is 0. The zero-order valence-electron chi connectivity index (χ0n) is 8.74. The third kappa shape index (κ3) is 3.11. The van der Waals surface area contributed by atoms with E-state index in [-0.39, 0.29) is 0 Å². The molecular formula is C14H12OS. The van der Waals surface area contributed by atoms with Gasteiger partial charge in [0.25, 0.3) is 0 Å². The second-order valence-electron chi connectivity index (χ2n) is 3.39. The van der Waals surface area contributed by atoms with Crippen LogP contribution in [0.3, 0.4) is 0 Å². The Kier molecular flexibility index (Phi) is 3.57. The molecule has 0 atom stereocenters. The fourth-order valence-electron chi connectivity index (χ4n) is 1.37. The van der Waals surface area contributed by atoms with Crippen LogP contribution in [0.1, 0.15) is 11.1 Å². The Morgan fingerprint density at radius 1 is 0.688 bits per heavy atom. The van der Waals surface area contributed by atoms with E-state index in [1.165, 1.54) is 0 Å². The average molecular weight is 228 g/mol. The summed E-state index contributed by atoms with van der Waals surface area (Å²) in [7, 11) is -1.07. The second kappa shape index (κ2) is 5.33. The summed E-state index contributed by atoms with van der Waals surface area (Å²) in [5, 5.41) is 3.49. The molecule has 0 spiro atoms. The zero-order valence-corrected chi connectivity index (χ0v) is 9.56. The van der Waals surface area contributed by atoms with E-state index >= 15 is 0 Å². The van der Waals surface area contributed by atoms with Gasteiger partial charge >= 0.3 is 0 Å². The molecule has 2 rings (SSSR count). The van der Waals surface area contributed by atoms with Crippen LogP contribution in [-0.4, -0.2) is 14.9 Å². The Balaban J connectivity index is 2.33. The van der Waals surface area contributed by atoms with Gasteiger partial charge in [-0.15, -0.1) is 0 Å². The fourth-order valence-corrected chi connectivity index (χ4v) is 2.28. The molecule has 0 aliphatic heterocycles. The molecule has 0 aromatic heterocycles. The molecule has 0 aliphatic carbocycles. The lowest BCUT2D eigenvalue weighted by atomic mass is 10.2. The monoisotopic (exact) mass is 228 g/mol. The number of hydrogen-bond donors (Lipinski definition) is 0. The van der Waals surface area contributed by atoms with E-state index in [9.17, 15) is 4.21 Å². The largest absolute Gasteiger partial charge is 0.225 e. The molecule has 80 valence electrons. The second-order valence-corrected chi connectivity index (χ2v) is 4.51.